The molecule has 0 bridgehead atoms. The van der Waals surface area contributed by atoms with Crippen LogP contribution in [0.2, 0.25) is 0 Å². The molecule has 2 aliphatic heterocycles. The zero-order valence-electron chi connectivity index (χ0n) is 21.8. The topological polar surface area (TPSA) is 6.25 Å². The van der Waals surface area contributed by atoms with E-state index in [1.165, 1.54) is 45.0 Å². The van der Waals surface area contributed by atoms with Gasteiger partial charge in [-0.15, -0.1) is 0 Å². The quantitative estimate of drug-likeness (QED) is 0.213. The maximum atomic E-state index is 9.87. The third kappa shape index (κ3) is 6.03. The van der Waals surface area contributed by atoms with Gasteiger partial charge in [-0.25, -0.2) is 0 Å². The molecule has 198 valence electrons. The molecule has 0 atom stereocenters. The summed E-state index contributed by atoms with van der Waals surface area (Å²) in [5, 5.41) is 0. The van der Waals surface area contributed by atoms with Gasteiger partial charge < -0.3 is 4.90 Å². The SMILES string of the molecule is Cc1ccc2c(c1)C(C)(C)C(/C=C/C=C1/N(C)c3ccc(C)cc3C1(C)C)=[N+]2C.F[P-](F)(F)(F)(F)F. The van der Waals surface area contributed by atoms with E-state index in [0.717, 1.165) is 0 Å². The molecule has 0 spiro atoms. The van der Waals surface area contributed by atoms with E-state index in [-0.39, 0.29) is 10.8 Å². The van der Waals surface area contributed by atoms with Crippen molar-refractivity contribution < 1.29 is 29.8 Å². The maximum absolute atomic E-state index is 10.7. The number of fused-ring (bicyclic) bond motifs is 2. The van der Waals surface area contributed by atoms with Crippen LogP contribution in [-0.2, 0) is 10.8 Å². The van der Waals surface area contributed by atoms with Crippen molar-refractivity contribution in [2.75, 3.05) is 19.0 Å². The second-order valence-electron chi connectivity index (χ2n) is 10.7. The number of hydrogen-bond donors (Lipinski definition) is 0. The monoisotopic (exact) mass is 530 g/mol. The van der Waals surface area contributed by atoms with Crippen molar-refractivity contribution in [1.82, 2.24) is 0 Å². The molecule has 2 aromatic rings. The van der Waals surface area contributed by atoms with Gasteiger partial charge in [0.2, 0.25) is 5.69 Å². The molecule has 0 fully saturated rings. The van der Waals surface area contributed by atoms with Crippen LogP contribution in [0.15, 0.2) is 60.3 Å². The standard InChI is InChI=1S/C27H33N2.F6P/c1-18-12-14-22-20(16-18)26(3,4)24(28(22)7)10-9-11-25-27(5,6)21-17-19(2)13-15-23(21)29(25)8;1-7(2,3,4,5)6/h9-17H,1-8H3;/q+1;-1. The first-order valence-corrected chi connectivity index (χ1v) is 13.6. The molecule has 0 aliphatic carbocycles. The van der Waals surface area contributed by atoms with E-state index in [1.807, 2.05) is 0 Å². The summed E-state index contributed by atoms with van der Waals surface area (Å²) >= 11 is 0. The van der Waals surface area contributed by atoms with Gasteiger partial charge in [-0.05, 0) is 51.5 Å². The average molecular weight is 531 g/mol. The molecule has 0 radical (unpaired) electrons. The minimum absolute atomic E-state index is 0.00226. The van der Waals surface area contributed by atoms with Crippen molar-refractivity contribution in [2.45, 2.75) is 52.4 Å². The van der Waals surface area contributed by atoms with Crippen molar-refractivity contribution >= 4 is 24.9 Å². The van der Waals surface area contributed by atoms with Crippen LogP contribution in [0.1, 0.15) is 49.9 Å². The number of aryl methyl sites for hydroxylation is 2. The van der Waals surface area contributed by atoms with Crippen LogP contribution in [-0.4, -0.2) is 24.4 Å². The Balaban J connectivity index is 0.000000454. The molecule has 2 nitrogen and oxygen atoms in total. The van der Waals surface area contributed by atoms with Gasteiger partial charge in [0.1, 0.15) is 7.05 Å². The molecular formula is C27H33F6N2P. The Morgan fingerprint density at radius 3 is 1.86 bits per heavy atom. The van der Waals surface area contributed by atoms with Crippen LogP contribution < -0.4 is 4.90 Å². The number of likely N-dealkylation sites (N-methyl/N-ethyl adjacent to an activating group) is 1. The fourth-order valence-corrected chi connectivity index (χ4v) is 5.13. The van der Waals surface area contributed by atoms with Crippen LogP contribution >= 0.6 is 7.81 Å². The van der Waals surface area contributed by atoms with E-state index < -0.39 is 7.81 Å². The van der Waals surface area contributed by atoms with Gasteiger partial charge in [-0.2, -0.15) is 4.58 Å². The molecule has 9 heteroatoms. The number of halogens is 6. The van der Waals surface area contributed by atoms with Crippen LogP contribution in [0.5, 0.6) is 0 Å². The Kier molecular flexibility index (Phi) is 6.18. The summed E-state index contributed by atoms with van der Waals surface area (Å²) in [6.45, 7) is 13.6. The fourth-order valence-electron chi connectivity index (χ4n) is 5.13. The van der Waals surface area contributed by atoms with Crippen LogP contribution in [0.3, 0.4) is 0 Å². The molecule has 2 heterocycles. The minimum atomic E-state index is -10.7. The molecular weight excluding hydrogens is 497 g/mol. The molecule has 36 heavy (non-hydrogen) atoms. The Morgan fingerprint density at radius 1 is 0.806 bits per heavy atom. The Hall–Kier alpha value is -2.60. The molecule has 0 aromatic heterocycles. The van der Waals surface area contributed by atoms with E-state index in [1.54, 1.807) is 0 Å². The summed E-state index contributed by atoms with van der Waals surface area (Å²) in [6, 6.07) is 13.6. The zero-order valence-corrected chi connectivity index (χ0v) is 22.7. The Bertz CT molecular complexity index is 1310. The van der Waals surface area contributed by atoms with Crippen molar-refractivity contribution in [3.05, 3.63) is 82.6 Å². The second kappa shape index (κ2) is 7.95. The van der Waals surface area contributed by atoms with Gasteiger partial charge >= 0.3 is 33.0 Å². The number of anilines is 1. The predicted molar refractivity (Wildman–Crippen MR) is 138 cm³/mol. The van der Waals surface area contributed by atoms with Crippen molar-refractivity contribution in [3.63, 3.8) is 0 Å². The summed E-state index contributed by atoms with van der Waals surface area (Å²) in [5.41, 5.74) is 10.8. The molecule has 0 unspecified atom stereocenters. The predicted octanol–water partition coefficient (Wildman–Crippen LogP) is 9.56. The molecule has 2 aromatic carbocycles. The first kappa shape index (κ1) is 28.0. The summed E-state index contributed by atoms with van der Waals surface area (Å²) in [4.78, 5) is 2.34. The number of nitrogens with zero attached hydrogens (tertiary/aromatic N) is 2. The van der Waals surface area contributed by atoms with Gasteiger partial charge in [0.05, 0.1) is 5.41 Å². The average Bonchev–Trinajstić information content (AvgIpc) is 2.99. The van der Waals surface area contributed by atoms with Crippen LogP contribution in [0, 0.1) is 13.8 Å². The van der Waals surface area contributed by atoms with Crippen LogP contribution in [0.25, 0.3) is 0 Å². The van der Waals surface area contributed by atoms with E-state index >= 15 is 0 Å². The Morgan fingerprint density at radius 2 is 1.31 bits per heavy atom. The van der Waals surface area contributed by atoms with Gasteiger partial charge in [0, 0.05) is 41.6 Å². The van der Waals surface area contributed by atoms with E-state index in [9.17, 15) is 25.2 Å². The first-order chi connectivity index (χ1) is 16.0. The van der Waals surface area contributed by atoms with E-state index in [4.69, 9.17) is 0 Å². The molecule has 0 N–H and O–H groups in total. The van der Waals surface area contributed by atoms with Crippen molar-refractivity contribution in [3.8, 4) is 0 Å². The van der Waals surface area contributed by atoms with Crippen molar-refractivity contribution in [2.24, 2.45) is 0 Å². The molecule has 0 saturated heterocycles. The molecule has 0 saturated carbocycles. The second-order valence-corrected chi connectivity index (χ2v) is 12.6. The van der Waals surface area contributed by atoms with Gasteiger partial charge in [-0.1, -0.05) is 49.2 Å². The summed E-state index contributed by atoms with van der Waals surface area (Å²) in [7, 11) is -6.30. The Labute approximate surface area is 208 Å². The fraction of sp³-hybridized carbons (Fsp3) is 0.370. The normalized spacial score (nSPS) is 21.2. The molecule has 0 amide bonds. The number of rotatable bonds is 2. The van der Waals surface area contributed by atoms with Gasteiger partial charge in [0.15, 0.2) is 5.71 Å². The van der Waals surface area contributed by atoms with E-state index in [0.29, 0.717) is 0 Å². The van der Waals surface area contributed by atoms with Crippen molar-refractivity contribution in [1.29, 1.82) is 0 Å². The zero-order chi connectivity index (χ0) is 27.5. The third-order valence-corrected chi connectivity index (χ3v) is 6.89. The third-order valence-electron chi connectivity index (χ3n) is 6.89. The molecule has 4 rings (SSSR count). The number of hydrogen-bond acceptors (Lipinski definition) is 1. The van der Waals surface area contributed by atoms with Gasteiger partial charge in [-0.3, -0.25) is 0 Å². The number of benzene rings is 2. The van der Waals surface area contributed by atoms with E-state index in [2.05, 4.69) is 120 Å². The van der Waals surface area contributed by atoms with Crippen LogP contribution in [0.4, 0.5) is 36.6 Å². The first-order valence-electron chi connectivity index (χ1n) is 11.5. The molecule has 2 aliphatic rings. The summed E-state index contributed by atoms with van der Waals surface area (Å²) in [6.07, 6.45) is 6.82. The van der Waals surface area contributed by atoms with Gasteiger partial charge in [0.25, 0.3) is 0 Å². The summed E-state index contributed by atoms with van der Waals surface area (Å²) in [5.74, 6) is 0. The number of allylic oxidation sites excluding steroid dienone is 4. The summed E-state index contributed by atoms with van der Waals surface area (Å²) < 4.78 is 61.5.